The number of carbonyl (C=O) groups is 1. The molecule has 1 N–H and O–H groups in total. The average molecular weight is 243 g/mol. The molecule has 0 aliphatic heterocycles. The van der Waals surface area contributed by atoms with E-state index in [-0.39, 0.29) is 5.91 Å². The highest BCUT2D eigenvalue weighted by Gasteiger charge is 2.12. The van der Waals surface area contributed by atoms with Gasteiger partial charge in [0, 0.05) is 5.02 Å². The first-order valence-electron chi connectivity index (χ1n) is 4.81. The Balaban J connectivity index is 2.84. The zero-order valence-electron chi connectivity index (χ0n) is 9.58. The summed E-state index contributed by atoms with van der Waals surface area (Å²) >= 11 is 5.83. The van der Waals surface area contributed by atoms with Gasteiger partial charge in [0.1, 0.15) is 5.75 Å². The summed E-state index contributed by atoms with van der Waals surface area (Å²) in [5.41, 5.74) is 0.442. The predicted octanol–water partition coefficient (Wildman–Crippen LogP) is 1.60. The summed E-state index contributed by atoms with van der Waals surface area (Å²) in [7, 11) is 5.26. The Kier molecular flexibility index (Phi) is 4.58. The van der Waals surface area contributed by atoms with Crippen LogP contribution in [0.15, 0.2) is 18.2 Å². The molecule has 0 aliphatic carbocycles. The van der Waals surface area contributed by atoms with Gasteiger partial charge in [0.2, 0.25) is 0 Å². The molecule has 0 fully saturated rings. The lowest BCUT2D eigenvalue weighted by Gasteiger charge is -2.13. The standard InChI is InChI=1S/C11H15ClN2O2/c1-14(2)7-13-11(15)9-6-8(12)4-5-10(9)16-3/h4-6H,7H2,1-3H3,(H,13,15). The second-order valence-electron chi connectivity index (χ2n) is 3.59. The monoisotopic (exact) mass is 242 g/mol. The Hall–Kier alpha value is -1.26. The predicted molar refractivity (Wildman–Crippen MR) is 64.0 cm³/mol. The lowest BCUT2D eigenvalue weighted by Crippen LogP contribution is -2.33. The molecule has 5 heteroatoms. The van der Waals surface area contributed by atoms with E-state index in [1.54, 1.807) is 18.2 Å². The van der Waals surface area contributed by atoms with Crippen LogP contribution in [0.4, 0.5) is 0 Å². The van der Waals surface area contributed by atoms with E-state index in [1.807, 2.05) is 19.0 Å². The van der Waals surface area contributed by atoms with Gasteiger partial charge in [0.15, 0.2) is 0 Å². The normalized spacial score (nSPS) is 10.3. The minimum Gasteiger partial charge on any atom is -0.496 e. The zero-order chi connectivity index (χ0) is 12.1. The maximum absolute atomic E-state index is 11.8. The summed E-state index contributed by atoms with van der Waals surface area (Å²) in [6.45, 7) is 0.467. The first kappa shape index (κ1) is 12.8. The smallest absolute Gasteiger partial charge is 0.256 e. The summed E-state index contributed by atoms with van der Waals surface area (Å²) in [5, 5.41) is 3.26. The summed E-state index contributed by atoms with van der Waals surface area (Å²) < 4.78 is 5.10. The van der Waals surface area contributed by atoms with Crippen molar-refractivity contribution in [1.82, 2.24) is 10.2 Å². The number of hydrogen-bond donors (Lipinski definition) is 1. The molecule has 0 atom stereocenters. The van der Waals surface area contributed by atoms with Crippen LogP contribution < -0.4 is 10.1 Å². The van der Waals surface area contributed by atoms with Crippen molar-refractivity contribution in [1.29, 1.82) is 0 Å². The molecule has 16 heavy (non-hydrogen) atoms. The highest BCUT2D eigenvalue weighted by atomic mass is 35.5. The zero-order valence-corrected chi connectivity index (χ0v) is 10.3. The highest BCUT2D eigenvalue weighted by Crippen LogP contribution is 2.22. The number of carbonyl (C=O) groups excluding carboxylic acids is 1. The molecule has 4 nitrogen and oxygen atoms in total. The van der Waals surface area contributed by atoms with Gasteiger partial charge < -0.3 is 10.1 Å². The quantitative estimate of drug-likeness (QED) is 0.816. The van der Waals surface area contributed by atoms with E-state index in [2.05, 4.69) is 5.32 Å². The molecule has 0 bridgehead atoms. The fourth-order valence-corrected chi connectivity index (χ4v) is 1.35. The van der Waals surface area contributed by atoms with E-state index in [9.17, 15) is 4.79 Å². The molecule has 0 heterocycles. The first-order chi connectivity index (χ1) is 7.54. The van der Waals surface area contributed by atoms with Gasteiger partial charge >= 0.3 is 0 Å². The number of rotatable bonds is 4. The number of halogens is 1. The van der Waals surface area contributed by atoms with E-state index in [0.29, 0.717) is 23.0 Å². The third-order valence-electron chi connectivity index (χ3n) is 1.96. The molecule has 88 valence electrons. The van der Waals surface area contributed by atoms with Crippen LogP contribution in [0.3, 0.4) is 0 Å². The average Bonchev–Trinajstić information content (AvgIpc) is 2.25. The Bertz CT molecular complexity index is 380. The third kappa shape index (κ3) is 3.40. The lowest BCUT2D eigenvalue weighted by molar-refractivity contribution is 0.0932. The summed E-state index contributed by atoms with van der Waals surface area (Å²) in [4.78, 5) is 13.7. The summed E-state index contributed by atoms with van der Waals surface area (Å²) in [5.74, 6) is 0.314. The van der Waals surface area contributed by atoms with Crippen LogP contribution >= 0.6 is 11.6 Å². The Morgan fingerprint density at radius 3 is 2.75 bits per heavy atom. The van der Waals surface area contributed by atoms with Crippen LogP contribution in [-0.2, 0) is 0 Å². The first-order valence-corrected chi connectivity index (χ1v) is 5.19. The van der Waals surface area contributed by atoms with Crippen molar-refractivity contribution >= 4 is 17.5 Å². The maximum atomic E-state index is 11.8. The molecule has 0 unspecified atom stereocenters. The summed E-state index contributed by atoms with van der Waals surface area (Å²) in [6, 6.07) is 4.95. The Labute approximate surface area is 100 Å². The Morgan fingerprint density at radius 2 is 2.19 bits per heavy atom. The van der Waals surface area contributed by atoms with Gasteiger partial charge in [-0.3, -0.25) is 9.69 Å². The van der Waals surface area contributed by atoms with Crippen LogP contribution in [0, 0.1) is 0 Å². The van der Waals surface area contributed by atoms with Crippen molar-refractivity contribution in [2.24, 2.45) is 0 Å². The second kappa shape index (κ2) is 5.72. The fourth-order valence-electron chi connectivity index (χ4n) is 1.18. The van der Waals surface area contributed by atoms with Crippen molar-refractivity contribution < 1.29 is 9.53 Å². The minimum absolute atomic E-state index is 0.201. The molecule has 1 amide bonds. The maximum Gasteiger partial charge on any atom is 0.256 e. The highest BCUT2D eigenvalue weighted by molar-refractivity contribution is 6.31. The number of hydrogen-bond acceptors (Lipinski definition) is 3. The van der Waals surface area contributed by atoms with Gasteiger partial charge in [-0.1, -0.05) is 11.6 Å². The molecule has 0 radical (unpaired) electrons. The second-order valence-corrected chi connectivity index (χ2v) is 4.02. The number of ether oxygens (including phenoxy) is 1. The van der Waals surface area contributed by atoms with E-state index >= 15 is 0 Å². The van der Waals surface area contributed by atoms with Crippen molar-refractivity contribution in [2.75, 3.05) is 27.9 Å². The van der Waals surface area contributed by atoms with Gasteiger partial charge in [0.05, 0.1) is 19.3 Å². The van der Waals surface area contributed by atoms with E-state index in [0.717, 1.165) is 0 Å². The van der Waals surface area contributed by atoms with Crippen molar-refractivity contribution in [3.63, 3.8) is 0 Å². The largest absolute Gasteiger partial charge is 0.496 e. The van der Waals surface area contributed by atoms with Gasteiger partial charge in [-0.25, -0.2) is 0 Å². The summed E-state index contributed by atoms with van der Waals surface area (Å²) in [6.07, 6.45) is 0. The number of methoxy groups -OCH3 is 1. The molecule has 0 aromatic heterocycles. The van der Waals surface area contributed by atoms with E-state index in [4.69, 9.17) is 16.3 Å². The van der Waals surface area contributed by atoms with Crippen LogP contribution in [-0.4, -0.2) is 38.7 Å². The van der Waals surface area contributed by atoms with Gasteiger partial charge in [0.25, 0.3) is 5.91 Å². The van der Waals surface area contributed by atoms with Crippen LogP contribution in [0.5, 0.6) is 5.75 Å². The van der Waals surface area contributed by atoms with Gasteiger partial charge in [-0.15, -0.1) is 0 Å². The fraction of sp³-hybridized carbons (Fsp3) is 0.364. The number of benzene rings is 1. The molecule has 1 aromatic rings. The van der Waals surface area contributed by atoms with Crippen molar-refractivity contribution in [3.8, 4) is 5.75 Å². The van der Waals surface area contributed by atoms with E-state index in [1.165, 1.54) is 7.11 Å². The molecular formula is C11H15ClN2O2. The topological polar surface area (TPSA) is 41.6 Å². The molecule has 0 saturated heterocycles. The van der Waals surface area contributed by atoms with Gasteiger partial charge in [-0.2, -0.15) is 0 Å². The van der Waals surface area contributed by atoms with E-state index < -0.39 is 0 Å². The molecule has 1 rings (SSSR count). The molecule has 0 aliphatic rings. The molecule has 0 saturated carbocycles. The van der Waals surface area contributed by atoms with Crippen molar-refractivity contribution in [3.05, 3.63) is 28.8 Å². The number of amides is 1. The van der Waals surface area contributed by atoms with Crippen LogP contribution in [0.25, 0.3) is 0 Å². The van der Waals surface area contributed by atoms with Crippen LogP contribution in [0.1, 0.15) is 10.4 Å². The molecular weight excluding hydrogens is 228 g/mol. The lowest BCUT2D eigenvalue weighted by atomic mass is 10.2. The van der Waals surface area contributed by atoms with Crippen LogP contribution in [0.2, 0.25) is 5.02 Å². The SMILES string of the molecule is COc1ccc(Cl)cc1C(=O)NCN(C)C. The third-order valence-corrected chi connectivity index (χ3v) is 2.20. The minimum atomic E-state index is -0.201. The Morgan fingerprint density at radius 1 is 1.50 bits per heavy atom. The van der Waals surface area contributed by atoms with Crippen molar-refractivity contribution in [2.45, 2.75) is 0 Å². The number of nitrogens with zero attached hydrogens (tertiary/aromatic N) is 1. The molecule has 0 spiro atoms. The van der Waals surface area contributed by atoms with Gasteiger partial charge in [-0.05, 0) is 32.3 Å². The number of nitrogens with one attached hydrogen (secondary N) is 1. The molecule has 1 aromatic carbocycles.